The van der Waals surface area contributed by atoms with E-state index in [9.17, 15) is 9.59 Å². The molecule has 1 amide bonds. The number of Topliss-reactive ketones (excluding diaryl/α,β-unsaturated/α-hetero) is 1. The zero-order valence-electron chi connectivity index (χ0n) is 19.0. The summed E-state index contributed by atoms with van der Waals surface area (Å²) in [7, 11) is 0. The molecule has 1 saturated heterocycles. The highest BCUT2D eigenvalue weighted by atomic mass is 32.2. The SMILES string of the molecule is CC(=O)c1ccc(NC(=O)CCSc2nnc(N3CCC(C)CC3)n2Cc2ccco2)cc1. The highest BCUT2D eigenvalue weighted by Crippen LogP contribution is 2.27. The molecular weight excluding hydrogens is 438 g/mol. The fourth-order valence-electron chi connectivity index (χ4n) is 3.77. The second-order valence-corrected chi connectivity index (χ2v) is 9.46. The van der Waals surface area contributed by atoms with E-state index in [0.717, 1.165) is 48.7 Å². The number of hydrogen-bond donors (Lipinski definition) is 1. The average Bonchev–Trinajstić information content (AvgIpc) is 3.46. The minimum Gasteiger partial charge on any atom is -0.467 e. The summed E-state index contributed by atoms with van der Waals surface area (Å²) >= 11 is 1.52. The van der Waals surface area contributed by atoms with Gasteiger partial charge >= 0.3 is 0 Å². The molecule has 1 aromatic carbocycles. The van der Waals surface area contributed by atoms with E-state index < -0.39 is 0 Å². The van der Waals surface area contributed by atoms with Crippen LogP contribution in [-0.2, 0) is 11.3 Å². The van der Waals surface area contributed by atoms with Crippen molar-refractivity contribution >= 4 is 35.1 Å². The summed E-state index contributed by atoms with van der Waals surface area (Å²) in [5.41, 5.74) is 1.30. The van der Waals surface area contributed by atoms with Gasteiger partial charge in [-0.05, 0) is 62.1 Å². The Labute approximate surface area is 197 Å². The standard InChI is InChI=1S/C24H29N5O3S/c1-17-9-12-28(13-10-17)23-26-27-24(29(23)16-21-4-3-14-32-21)33-15-11-22(31)25-20-7-5-19(6-8-20)18(2)30/h3-8,14,17H,9-13,15-16H2,1-2H3,(H,25,31). The number of carbonyl (C=O) groups excluding carboxylic acids is 2. The summed E-state index contributed by atoms with van der Waals surface area (Å²) in [6.07, 6.45) is 4.29. The molecule has 0 aliphatic carbocycles. The van der Waals surface area contributed by atoms with Gasteiger partial charge in [0.15, 0.2) is 10.9 Å². The molecule has 0 saturated carbocycles. The lowest BCUT2D eigenvalue weighted by atomic mass is 10.00. The number of thioether (sulfide) groups is 1. The fourth-order valence-corrected chi connectivity index (χ4v) is 4.64. The van der Waals surface area contributed by atoms with Crippen LogP contribution >= 0.6 is 11.8 Å². The zero-order chi connectivity index (χ0) is 23.2. The van der Waals surface area contributed by atoms with Crippen LogP contribution in [-0.4, -0.2) is 45.3 Å². The third-order valence-corrected chi connectivity index (χ3v) is 6.76. The van der Waals surface area contributed by atoms with E-state index in [1.807, 2.05) is 12.1 Å². The lowest BCUT2D eigenvalue weighted by Gasteiger charge is -2.31. The van der Waals surface area contributed by atoms with Crippen LogP contribution in [0.25, 0.3) is 0 Å². The smallest absolute Gasteiger partial charge is 0.228 e. The van der Waals surface area contributed by atoms with Crippen molar-refractivity contribution in [1.82, 2.24) is 14.8 Å². The summed E-state index contributed by atoms with van der Waals surface area (Å²) < 4.78 is 7.65. The van der Waals surface area contributed by atoms with Crippen molar-refractivity contribution in [1.29, 1.82) is 0 Å². The predicted octanol–water partition coefficient (Wildman–Crippen LogP) is 4.48. The molecule has 1 aliphatic rings. The number of ketones is 1. The Bertz CT molecular complexity index is 1070. The van der Waals surface area contributed by atoms with Crippen molar-refractivity contribution in [3.63, 3.8) is 0 Å². The number of furan rings is 1. The van der Waals surface area contributed by atoms with E-state index in [1.165, 1.54) is 18.7 Å². The normalized spacial score (nSPS) is 14.4. The van der Waals surface area contributed by atoms with Crippen molar-refractivity contribution < 1.29 is 14.0 Å². The lowest BCUT2D eigenvalue weighted by molar-refractivity contribution is -0.115. The van der Waals surface area contributed by atoms with Gasteiger partial charge in [0, 0.05) is 36.5 Å². The Morgan fingerprint density at radius 3 is 2.58 bits per heavy atom. The van der Waals surface area contributed by atoms with E-state index in [-0.39, 0.29) is 11.7 Å². The molecule has 3 heterocycles. The van der Waals surface area contributed by atoms with Gasteiger partial charge in [0.05, 0.1) is 12.8 Å². The van der Waals surface area contributed by atoms with Crippen LogP contribution in [0.2, 0.25) is 0 Å². The second kappa shape index (κ2) is 10.7. The number of benzene rings is 1. The first kappa shape index (κ1) is 23.1. The number of nitrogens with zero attached hydrogens (tertiary/aromatic N) is 4. The molecule has 33 heavy (non-hydrogen) atoms. The summed E-state index contributed by atoms with van der Waals surface area (Å²) in [4.78, 5) is 26.1. The van der Waals surface area contributed by atoms with E-state index in [0.29, 0.717) is 30.0 Å². The molecule has 0 unspecified atom stereocenters. The molecule has 174 valence electrons. The minimum atomic E-state index is -0.0829. The van der Waals surface area contributed by atoms with Crippen LogP contribution in [0.15, 0.2) is 52.2 Å². The van der Waals surface area contributed by atoms with Gasteiger partial charge in [-0.3, -0.25) is 14.2 Å². The third-order valence-electron chi connectivity index (χ3n) is 5.79. The van der Waals surface area contributed by atoms with E-state index in [1.54, 1.807) is 30.5 Å². The maximum absolute atomic E-state index is 12.4. The molecule has 1 N–H and O–H groups in total. The Hall–Kier alpha value is -3.07. The predicted molar refractivity (Wildman–Crippen MR) is 129 cm³/mol. The molecule has 2 aromatic heterocycles. The van der Waals surface area contributed by atoms with Crippen molar-refractivity contribution in [2.75, 3.05) is 29.1 Å². The highest BCUT2D eigenvalue weighted by molar-refractivity contribution is 7.99. The van der Waals surface area contributed by atoms with Crippen LogP contribution in [0.1, 0.15) is 49.2 Å². The first-order valence-corrected chi connectivity index (χ1v) is 12.2. The number of aromatic nitrogens is 3. The quantitative estimate of drug-likeness (QED) is 0.366. The molecule has 4 rings (SSSR count). The van der Waals surface area contributed by atoms with Crippen molar-refractivity contribution in [3.8, 4) is 0 Å². The number of rotatable bonds is 9. The molecule has 8 nitrogen and oxygen atoms in total. The third kappa shape index (κ3) is 6.04. The van der Waals surface area contributed by atoms with Crippen LogP contribution in [0.3, 0.4) is 0 Å². The largest absolute Gasteiger partial charge is 0.467 e. The number of anilines is 2. The number of piperidine rings is 1. The van der Waals surface area contributed by atoms with Crippen LogP contribution < -0.4 is 10.2 Å². The maximum atomic E-state index is 12.4. The van der Waals surface area contributed by atoms with Gasteiger partial charge in [-0.1, -0.05) is 18.7 Å². The van der Waals surface area contributed by atoms with Crippen LogP contribution in [0.4, 0.5) is 11.6 Å². The lowest BCUT2D eigenvalue weighted by Crippen LogP contribution is -2.35. The Balaban J connectivity index is 1.37. The Kier molecular flexibility index (Phi) is 7.49. The first-order chi connectivity index (χ1) is 16.0. The minimum absolute atomic E-state index is 0.00127. The number of carbonyl (C=O) groups is 2. The van der Waals surface area contributed by atoms with E-state index in [2.05, 4.69) is 31.9 Å². The van der Waals surface area contributed by atoms with E-state index >= 15 is 0 Å². The molecule has 3 aromatic rings. The number of amides is 1. The summed E-state index contributed by atoms with van der Waals surface area (Å²) in [5, 5.41) is 12.6. The van der Waals surface area contributed by atoms with Crippen LogP contribution in [0.5, 0.6) is 0 Å². The van der Waals surface area contributed by atoms with Gasteiger partial charge in [0.25, 0.3) is 0 Å². The molecule has 1 fully saturated rings. The topological polar surface area (TPSA) is 93.3 Å². The summed E-state index contributed by atoms with van der Waals surface area (Å²) in [5.74, 6) is 2.92. The molecule has 9 heteroatoms. The summed E-state index contributed by atoms with van der Waals surface area (Å²) in [6, 6.07) is 10.7. The average molecular weight is 468 g/mol. The second-order valence-electron chi connectivity index (χ2n) is 8.40. The molecule has 0 radical (unpaired) electrons. The molecule has 0 atom stereocenters. The fraction of sp³-hybridized carbons (Fsp3) is 0.417. The van der Waals surface area contributed by atoms with E-state index in [4.69, 9.17) is 4.42 Å². The molecular formula is C24H29N5O3S. The molecule has 0 bridgehead atoms. The van der Waals surface area contributed by atoms with Crippen LogP contribution in [0, 0.1) is 5.92 Å². The Morgan fingerprint density at radius 1 is 1.15 bits per heavy atom. The van der Waals surface area contributed by atoms with Gasteiger partial charge in [0.1, 0.15) is 5.76 Å². The Morgan fingerprint density at radius 2 is 1.91 bits per heavy atom. The number of hydrogen-bond acceptors (Lipinski definition) is 7. The highest BCUT2D eigenvalue weighted by Gasteiger charge is 2.23. The van der Waals surface area contributed by atoms with Gasteiger partial charge in [-0.2, -0.15) is 0 Å². The van der Waals surface area contributed by atoms with Crippen molar-refractivity contribution in [2.45, 2.75) is 44.8 Å². The maximum Gasteiger partial charge on any atom is 0.228 e. The number of nitrogens with one attached hydrogen (secondary N) is 1. The van der Waals surface area contributed by atoms with Crippen molar-refractivity contribution in [3.05, 3.63) is 54.0 Å². The van der Waals surface area contributed by atoms with Gasteiger partial charge in [0.2, 0.25) is 11.9 Å². The molecule has 0 spiro atoms. The van der Waals surface area contributed by atoms with Gasteiger partial charge < -0.3 is 14.6 Å². The van der Waals surface area contributed by atoms with Crippen molar-refractivity contribution in [2.24, 2.45) is 5.92 Å². The van der Waals surface area contributed by atoms with Gasteiger partial charge in [-0.15, -0.1) is 10.2 Å². The zero-order valence-corrected chi connectivity index (χ0v) is 19.8. The monoisotopic (exact) mass is 467 g/mol. The molecule has 1 aliphatic heterocycles. The summed E-state index contributed by atoms with van der Waals surface area (Å²) in [6.45, 7) is 6.29. The van der Waals surface area contributed by atoms with Gasteiger partial charge in [-0.25, -0.2) is 0 Å². The first-order valence-electron chi connectivity index (χ1n) is 11.2.